The van der Waals surface area contributed by atoms with Crippen LogP contribution in [0.5, 0.6) is 5.75 Å². The maximum Gasteiger partial charge on any atom is 0.323 e. The maximum absolute atomic E-state index is 13.3. The van der Waals surface area contributed by atoms with Crippen LogP contribution in [-0.2, 0) is 12.8 Å². The molecule has 7 nitrogen and oxygen atoms in total. The van der Waals surface area contributed by atoms with E-state index in [1.54, 1.807) is 0 Å². The average Bonchev–Trinajstić information content (AvgIpc) is 3.39. The number of amides is 2. The first-order valence-electron chi connectivity index (χ1n) is 13.2. The summed E-state index contributed by atoms with van der Waals surface area (Å²) in [4.78, 5) is 15.7. The number of carbonyl (C=O) groups is 1. The fourth-order valence-electron chi connectivity index (χ4n) is 5.14. The van der Waals surface area contributed by atoms with E-state index in [1.807, 2.05) is 42.6 Å². The van der Waals surface area contributed by atoms with E-state index in [1.165, 1.54) is 0 Å². The average molecular weight is 498 g/mol. The maximum atomic E-state index is 13.3. The molecule has 1 fully saturated rings. The van der Waals surface area contributed by atoms with Gasteiger partial charge >= 0.3 is 6.03 Å². The van der Waals surface area contributed by atoms with Crippen molar-refractivity contribution in [1.29, 1.82) is 0 Å². The lowest BCUT2D eigenvalue weighted by Crippen LogP contribution is -2.35. The molecule has 0 radical (unpaired) electrons. The third kappa shape index (κ3) is 5.32. The molecule has 0 bridgehead atoms. The largest absolute Gasteiger partial charge is 0.490 e. The lowest BCUT2D eigenvalue weighted by atomic mass is 9.98. The summed E-state index contributed by atoms with van der Waals surface area (Å²) in [6, 6.07) is 17.8. The standard InChI is InChI=1S/C30H35N5O2/c1-4-20-9-8-10-21(5-2)29(20)33-30(36)32-26-14-13-25-24(19-31-34-25)28(26)23-11-6-7-12-27(23)37-22-15-17-35(3)18-16-22/h6-14,19,22H,4-5,15-18H2,1-3H3,(H,31,34)(H2,32,33,36). The van der Waals surface area contributed by atoms with Crippen LogP contribution < -0.4 is 15.4 Å². The van der Waals surface area contributed by atoms with Gasteiger partial charge in [-0.3, -0.25) is 5.10 Å². The number of nitrogens with zero attached hydrogens (tertiary/aromatic N) is 2. The molecule has 1 aliphatic rings. The number of para-hydroxylation sites is 2. The van der Waals surface area contributed by atoms with E-state index in [4.69, 9.17) is 4.74 Å². The normalized spacial score (nSPS) is 14.6. The Morgan fingerprint density at radius 1 is 1.00 bits per heavy atom. The highest BCUT2D eigenvalue weighted by Gasteiger charge is 2.22. The number of urea groups is 1. The van der Waals surface area contributed by atoms with Crippen LogP contribution >= 0.6 is 0 Å². The van der Waals surface area contributed by atoms with E-state index in [0.717, 1.165) is 83.4 Å². The molecule has 1 aliphatic heterocycles. The van der Waals surface area contributed by atoms with E-state index in [-0.39, 0.29) is 12.1 Å². The summed E-state index contributed by atoms with van der Waals surface area (Å²) in [5.41, 5.74) is 6.57. The molecule has 2 heterocycles. The van der Waals surface area contributed by atoms with Gasteiger partial charge < -0.3 is 20.3 Å². The summed E-state index contributed by atoms with van der Waals surface area (Å²) < 4.78 is 6.55. The van der Waals surface area contributed by atoms with Crippen LogP contribution in [-0.4, -0.2) is 47.4 Å². The summed E-state index contributed by atoms with van der Waals surface area (Å²) in [7, 11) is 2.15. The summed E-state index contributed by atoms with van der Waals surface area (Å²) in [5, 5.41) is 14.5. The Morgan fingerprint density at radius 2 is 1.73 bits per heavy atom. The fraction of sp³-hybridized carbons (Fsp3) is 0.333. The van der Waals surface area contributed by atoms with Gasteiger partial charge in [-0.05, 0) is 62.1 Å². The smallest absolute Gasteiger partial charge is 0.323 e. The number of rotatable bonds is 7. The highest BCUT2D eigenvalue weighted by atomic mass is 16.5. The quantitative estimate of drug-likeness (QED) is 0.273. The molecule has 0 saturated carbocycles. The summed E-state index contributed by atoms with van der Waals surface area (Å²) in [6.45, 7) is 6.25. The zero-order valence-electron chi connectivity index (χ0n) is 21.8. The molecule has 4 aromatic rings. The van der Waals surface area contributed by atoms with Gasteiger partial charge in [0.25, 0.3) is 0 Å². The van der Waals surface area contributed by atoms with Crippen molar-refractivity contribution in [3.05, 3.63) is 71.9 Å². The van der Waals surface area contributed by atoms with E-state index in [9.17, 15) is 4.79 Å². The van der Waals surface area contributed by atoms with Crippen molar-refractivity contribution in [1.82, 2.24) is 15.1 Å². The number of H-pyrrole nitrogens is 1. The van der Waals surface area contributed by atoms with Gasteiger partial charge in [0, 0.05) is 35.3 Å². The Balaban J connectivity index is 1.49. The van der Waals surface area contributed by atoms with E-state index in [0.29, 0.717) is 5.69 Å². The van der Waals surface area contributed by atoms with Gasteiger partial charge in [0.1, 0.15) is 11.9 Å². The van der Waals surface area contributed by atoms with Gasteiger partial charge in [0.05, 0.1) is 17.4 Å². The van der Waals surface area contributed by atoms with Gasteiger partial charge in [0.2, 0.25) is 0 Å². The van der Waals surface area contributed by atoms with Crippen molar-refractivity contribution < 1.29 is 9.53 Å². The Morgan fingerprint density at radius 3 is 2.46 bits per heavy atom. The van der Waals surface area contributed by atoms with Crippen LogP contribution in [0.1, 0.15) is 37.8 Å². The highest BCUT2D eigenvalue weighted by molar-refractivity contribution is 6.09. The molecule has 1 aromatic heterocycles. The molecular weight excluding hydrogens is 462 g/mol. The number of likely N-dealkylation sites (tertiary alicyclic amines) is 1. The Hall–Kier alpha value is -3.84. The monoisotopic (exact) mass is 497 g/mol. The molecule has 7 heteroatoms. The molecule has 3 N–H and O–H groups in total. The lowest BCUT2D eigenvalue weighted by molar-refractivity contribution is 0.115. The first kappa shape index (κ1) is 24.8. The molecule has 37 heavy (non-hydrogen) atoms. The molecular formula is C30H35N5O2. The summed E-state index contributed by atoms with van der Waals surface area (Å²) >= 11 is 0. The van der Waals surface area contributed by atoms with Gasteiger partial charge in [-0.2, -0.15) is 5.10 Å². The Kier molecular flexibility index (Phi) is 7.42. The highest BCUT2D eigenvalue weighted by Crippen LogP contribution is 2.40. The van der Waals surface area contributed by atoms with Gasteiger partial charge in [-0.15, -0.1) is 0 Å². The molecule has 3 aromatic carbocycles. The van der Waals surface area contributed by atoms with Crippen molar-refractivity contribution in [2.24, 2.45) is 0 Å². The summed E-state index contributed by atoms with van der Waals surface area (Å²) in [5.74, 6) is 0.818. The molecule has 2 amide bonds. The number of fused-ring (bicyclic) bond motifs is 1. The van der Waals surface area contributed by atoms with Crippen molar-refractivity contribution in [2.75, 3.05) is 30.8 Å². The Bertz CT molecular complexity index is 1370. The first-order valence-corrected chi connectivity index (χ1v) is 13.2. The number of piperidine rings is 1. The predicted octanol–water partition coefficient (Wildman–Crippen LogP) is 6.47. The number of anilines is 2. The number of aryl methyl sites for hydroxylation is 2. The second-order valence-electron chi connectivity index (χ2n) is 9.67. The van der Waals surface area contributed by atoms with Crippen LogP contribution in [0.15, 0.2) is 60.8 Å². The van der Waals surface area contributed by atoms with Crippen molar-refractivity contribution in [3.8, 4) is 16.9 Å². The Labute approximate surface area is 218 Å². The number of benzene rings is 3. The zero-order chi connectivity index (χ0) is 25.8. The van der Waals surface area contributed by atoms with Crippen molar-refractivity contribution in [2.45, 2.75) is 45.6 Å². The third-order valence-electron chi connectivity index (χ3n) is 7.23. The zero-order valence-corrected chi connectivity index (χ0v) is 21.8. The number of hydrogen-bond acceptors (Lipinski definition) is 4. The minimum Gasteiger partial charge on any atom is -0.490 e. The number of aromatic amines is 1. The second kappa shape index (κ2) is 11.0. The minimum atomic E-state index is -0.270. The van der Waals surface area contributed by atoms with Crippen molar-refractivity contribution >= 4 is 28.3 Å². The topological polar surface area (TPSA) is 82.3 Å². The van der Waals surface area contributed by atoms with Crippen LogP contribution in [0.25, 0.3) is 22.0 Å². The first-order chi connectivity index (χ1) is 18.1. The second-order valence-corrected chi connectivity index (χ2v) is 9.67. The minimum absolute atomic E-state index is 0.165. The molecule has 0 aliphatic carbocycles. The van der Waals surface area contributed by atoms with Crippen LogP contribution in [0.2, 0.25) is 0 Å². The summed E-state index contributed by atoms with van der Waals surface area (Å²) in [6.07, 6.45) is 5.64. The number of ether oxygens (including phenoxy) is 1. The molecule has 0 unspecified atom stereocenters. The van der Waals surface area contributed by atoms with E-state index < -0.39 is 0 Å². The lowest BCUT2D eigenvalue weighted by Gasteiger charge is -2.30. The number of aromatic nitrogens is 2. The molecule has 192 valence electrons. The van der Waals surface area contributed by atoms with Crippen LogP contribution in [0.3, 0.4) is 0 Å². The van der Waals surface area contributed by atoms with Crippen LogP contribution in [0.4, 0.5) is 16.2 Å². The number of nitrogens with one attached hydrogen (secondary N) is 3. The van der Waals surface area contributed by atoms with Gasteiger partial charge in [-0.25, -0.2) is 4.79 Å². The van der Waals surface area contributed by atoms with Crippen LogP contribution in [0, 0.1) is 0 Å². The third-order valence-corrected chi connectivity index (χ3v) is 7.23. The fourth-order valence-corrected chi connectivity index (χ4v) is 5.14. The molecule has 5 rings (SSSR count). The SMILES string of the molecule is CCc1cccc(CC)c1NC(=O)Nc1ccc2[nH]ncc2c1-c1ccccc1OC1CCN(C)CC1. The van der Waals surface area contributed by atoms with Gasteiger partial charge in [0.15, 0.2) is 0 Å². The molecule has 0 atom stereocenters. The molecule has 0 spiro atoms. The van der Waals surface area contributed by atoms with E-state index in [2.05, 4.69) is 64.8 Å². The number of carbonyl (C=O) groups excluding carboxylic acids is 1. The predicted molar refractivity (Wildman–Crippen MR) is 151 cm³/mol. The van der Waals surface area contributed by atoms with Gasteiger partial charge in [-0.1, -0.05) is 50.2 Å². The molecule has 1 saturated heterocycles. The van der Waals surface area contributed by atoms with E-state index >= 15 is 0 Å². The van der Waals surface area contributed by atoms with Crippen molar-refractivity contribution in [3.63, 3.8) is 0 Å². The number of hydrogen-bond donors (Lipinski definition) is 3.